The maximum atomic E-state index is 9.61. The third-order valence-electron chi connectivity index (χ3n) is 4.00. The molecule has 108 valence electrons. The van der Waals surface area contributed by atoms with Crippen LogP contribution in [0.1, 0.15) is 47.0 Å². The molecule has 0 amide bonds. The lowest BCUT2D eigenvalue weighted by Crippen LogP contribution is -2.45. The first kappa shape index (κ1) is 15.9. The molecule has 0 radical (unpaired) electrons. The third kappa shape index (κ3) is 5.68. The SMILES string of the molecule is CCCNCC(C)(C)CN1CCC(C(C)O)CC1. The van der Waals surface area contributed by atoms with E-state index >= 15 is 0 Å². The van der Waals surface area contributed by atoms with Crippen LogP contribution in [0.2, 0.25) is 0 Å². The summed E-state index contributed by atoms with van der Waals surface area (Å²) in [6.45, 7) is 14.5. The van der Waals surface area contributed by atoms with Crippen molar-refractivity contribution in [3.05, 3.63) is 0 Å². The van der Waals surface area contributed by atoms with E-state index in [0.29, 0.717) is 11.3 Å². The van der Waals surface area contributed by atoms with Crippen LogP contribution in [0.3, 0.4) is 0 Å². The highest BCUT2D eigenvalue weighted by Crippen LogP contribution is 2.24. The number of aliphatic hydroxyl groups is 1. The molecule has 1 aliphatic heterocycles. The van der Waals surface area contributed by atoms with Crippen LogP contribution in [0.25, 0.3) is 0 Å². The zero-order valence-corrected chi connectivity index (χ0v) is 12.7. The van der Waals surface area contributed by atoms with Crippen LogP contribution in [0.15, 0.2) is 0 Å². The van der Waals surface area contributed by atoms with Gasteiger partial charge in [-0.2, -0.15) is 0 Å². The van der Waals surface area contributed by atoms with Gasteiger partial charge in [0.2, 0.25) is 0 Å². The Labute approximate surface area is 113 Å². The van der Waals surface area contributed by atoms with Gasteiger partial charge in [0, 0.05) is 13.1 Å². The summed E-state index contributed by atoms with van der Waals surface area (Å²) in [5, 5.41) is 13.1. The van der Waals surface area contributed by atoms with Gasteiger partial charge in [-0.3, -0.25) is 0 Å². The molecule has 1 rings (SSSR count). The number of nitrogens with zero attached hydrogens (tertiary/aromatic N) is 1. The van der Waals surface area contributed by atoms with Crippen molar-refractivity contribution in [1.82, 2.24) is 10.2 Å². The molecule has 3 heteroatoms. The van der Waals surface area contributed by atoms with Gasteiger partial charge >= 0.3 is 0 Å². The number of hydrogen-bond acceptors (Lipinski definition) is 3. The minimum absolute atomic E-state index is 0.133. The van der Waals surface area contributed by atoms with Gasteiger partial charge in [0.05, 0.1) is 6.10 Å². The lowest BCUT2D eigenvalue weighted by molar-refractivity contribution is 0.0581. The van der Waals surface area contributed by atoms with Gasteiger partial charge in [-0.15, -0.1) is 0 Å². The number of aliphatic hydroxyl groups excluding tert-OH is 1. The van der Waals surface area contributed by atoms with E-state index in [1.807, 2.05) is 6.92 Å². The van der Waals surface area contributed by atoms with Crippen molar-refractivity contribution in [2.75, 3.05) is 32.7 Å². The molecule has 3 nitrogen and oxygen atoms in total. The van der Waals surface area contributed by atoms with E-state index in [1.54, 1.807) is 0 Å². The third-order valence-corrected chi connectivity index (χ3v) is 4.00. The molecule has 18 heavy (non-hydrogen) atoms. The van der Waals surface area contributed by atoms with E-state index in [1.165, 1.54) is 6.42 Å². The average molecular weight is 256 g/mol. The fraction of sp³-hybridized carbons (Fsp3) is 1.00. The van der Waals surface area contributed by atoms with Crippen molar-refractivity contribution in [2.24, 2.45) is 11.3 Å². The monoisotopic (exact) mass is 256 g/mol. The molecule has 0 aromatic carbocycles. The topological polar surface area (TPSA) is 35.5 Å². The van der Waals surface area contributed by atoms with E-state index < -0.39 is 0 Å². The molecule has 1 heterocycles. The molecular formula is C15H32N2O. The van der Waals surface area contributed by atoms with Gasteiger partial charge in [-0.1, -0.05) is 20.8 Å². The quantitative estimate of drug-likeness (QED) is 0.685. The summed E-state index contributed by atoms with van der Waals surface area (Å²) in [7, 11) is 0. The summed E-state index contributed by atoms with van der Waals surface area (Å²) in [5.41, 5.74) is 0.340. The first-order valence-corrected chi connectivity index (χ1v) is 7.56. The molecule has 1 unspecified atom stereocenters. The molecule has 1 saturated heterocycles. The number of likely N-dealkylation sites (tertiary alicyclic amines) is 1. The van der Waals surface area contributed by atoms with Crippen LogP contribution in [-0.2, 0) is 0 Å². The predicted molar refractivity (Wildman–Crippen MR) is 77.8 cm³/mol. The Morgan fingerprint density at radius 3 is 2.44 bits per heavy atom. The van der Waals surface area contributed by atoms with Crippen LogP contribution >= 0.6 is 0 Å². The number of nitrogens with one attached hydrogen (secondary N) is 1. The second-order valence-electron chi connectivity index (χ2n) is 6.70. The highest BCUT2D eigenvalue weighted by molar-refractivity contribution is 4.81. The lowest BCUT2D eigenvalue weighted by Gasteiger charge is -2.38. The predicted octanol–water partition coefficient (Wildman–Crippen LogP) is 2.10. The largest absolute Gasteiger partial charge is 0.393 e. The Kier molecular flexibility index (Phi) is 6.61. The second-order valence-corrected chi connectivity index (χ2v) is 6.70. The van der Waals surface area contributed by atoms with Crippen LogP contribution in [0.4, 0.5) is 0 Å². The maximum absolute atomic E-state index is 9.61. The number of rotatable bonds is 7. The molecule has 1 aliphatic rings. The van der Waals surface area contributed by atoms with Gasteiger partial charge in [0.25, 0.3) is 0 Å². The Morgan fingerprint density at radius 2 is 1.94 bits per heavy atom. The Morgan fingerprint density at radius 1 is 1.33 bits per heavy atom. The lowest BCUT2D eigenvalue weighted by atomic mass is 9.88. The summed E-state index contributed by atoms with van der Waals surface area (Å²) >= 11 is 0. The van der Waals surface area contributed by atoms with Crippen molar-refractivity contribution in [1.29, 1.82) is 0 Å². The van der Waals surface area contributed by atoms with E-state index in [2.05, 4.69) is 31.0 Å². The number of hydrogen-bond donors (Lipinski definition) is 2. The van der Waals surface area contributed by atoms with Crippen LogP contribution in [0.5, 0.6) is 0 Å². The van der Waals surface area contributed by atoms with Crippen molar-refractivity contribution in [3.8, 4) is 0 Å². The smallest absolute Gasteiger partial charge is 0.0541 e. The summed E-state index contributed by atoms with van der Waals surface area (Å²) < 4.78 is 0. The Balaban J connectivity index is 2.26. The fourth-order valence-corrected chi connectivity index (χ4v) is 2.86. The molecule has 0 aliphatic carbocycles. The molecule has 0 bridgehead atoms. The summed E-state index contributed by atoms with van der Waals surface area (Å²) in [6, 6.07) is 0. The van der Waals surface area contributed by atoms with E-state index in [0.717, 1.165) is 45.6 Å². The molecule has 2 N–H and O–H groups in total. The average Bonchev–Trinajstić information content (AvgIpc) is 2.29. The van der Waals surface area contributed by atoms with Crippen LogP contribution in [-0.4, -0.2) is 48.8 Å². The van der Waals surface area contributed by atoms with Gasteiger partial charge in [-0.05, 0) is 57.2 Å². The molecule has 0 spiro atoms. The molecular weight excluding hydrogens is 224 g/mol. The molecule has 1 fully saturated rings. The zero-order valence-electron chi connectivity index (χ0n) is 12.7. The molecule has 0 saturated carbocycles. The van der Waals surface area contributed by atoms with Gasteiger partial charge < -0.3 is 15.3 Å². The van der Waals surface area contributed by atoms with E-state index in [-0.39, 0.29) is 6.10 Å². The Bertz CT molecular complexity index is 221. The van der Waals surface area contributed by atoms with Gasteiger partial charge in [0.15, 0.2) is 0 Å². The van der Waals surface area contributed by atoms with Gasteiger partial charge in [0.1, 0.15) is 0 Å². The fourth-order valence-electron chi connectivity index (χ4n) is 2.86. The second kappa shape index (κ2) is 7.46. The standard InChI is InChI=1S/C15H32N2O/c1-5-8-16-11-15(3,4)12-17-9-6-14(7-10-17)13(2)18/h13-14,16,18H,5-12H2,1-4H3. The summed E-state index contributed by atoms with van der Waals surface area (Å²) in [5.74, 6) is 0.516. The van der Waals surface area contributed by atoms with Crippen LogP contribution < -0.4 is 5.32 Å². The highest BCUT2D eigenvalue weighted by Gasteiger charge is 2.27. The molecule has 0 aromatic rings. The highest BCUT2D eigenvalue weighted by atomic mass is 16.3. The zero-order chi connectivity index (χ0) is 13.6. The van der Waals surface area contributed by atoms with Crippen molar-refractivity contribution in [3.63, 3.8) is 0 Å². The molecule has 1 atom stereocenters. The van der Waals surface area contributed by atoms with Crippen molar-refractivity contribution in [2.45, 2.75) is 53.1 Å². The minimum Gasteiger partial charge on any atom is -0.393 e. The van der Waals surface area contributed by atoms with Crippen LogP contribution in [0, 0.1) is 11.3 Å². The molecule has 0 aromatic heterocycles. The van der Waals surface area contributed by atoms with E-state index in [9.17, 15) is 5.11 Å². The minimum atomic E-state index is -0.133. The summed E-state index contributed by atoms with van der Waals surface area (Å²) in [4.78, 5) is 2.56. The van der Waals surface area contributed by atoms with E-state index in [4.69, 9.17) is 0 Å². The van der Waals surface area contributed by atoms with Crippen molar-refractivity contribution < 1.29 is 5.11 Å². The maximum Gasteiger partial charge on any atom is 0.0541 e. The first-order chi connectivity index (χ1) is 8.44. The number of piperidine rings is 1. The Hall–Kier alpha value is -0.120. The first-order valence-electron chi connectivity index (χ1n) is 7.56. The van der Waals surface area contributed by atoms with Crippen molar-refractivity contribution >= 4 is 0 Å². The summed E-state index contributed by atoms with van der Waals surface area (Å²) in [6.07, 6.45) is 3.37. The normalized spacial score (nSPS) is 21.2. The van der Waals surface area contributed by atoms with Gasteiger partial charge in [-0.25, -0.2) is 0 Å².